The summed E-state index contributed by atoms with van der Waals surface area (Å²) >= 11 is 0. The van der Waals surface area contributed by atoms with Gasteiger partial charge in [0.05, 0.1) is 6.67 Å². The van der Waals surface area contributed by atoms with Gasteiger partial charge in [0.2, 0.25) is 0 Å². The van der Waals surface area contributed by atoms with Crippen molar-refractivity contribution in [1.82, 2.24) is 0 Å². The second-order valence-corrected chi connectivity index (χ2v) is 5.41. The lowest BCUT2D eigenvalue weighted by Crippen LogP contribution is -2.21. The first-order chi connectivity index (χ1) is 9.27. The first kappa shape index (κ1) is 18.4. The summed E-state index contributed by atoms with van der Waals surface area (Å²) in [4.78, 5) is 10.2. The van der Waals surface area contributed by atoms with E-state index < -0.39 is 5.97 Å². The maximum atomic E-state index is 11.8. The Morgan fingerprint density at radius 2 is 0.947 bits per heavy atom. The van der Waals surface area contributed by atoms with Gasteiger partial charge in [0.25, 0.3) is 0 Å². The van der Waals surface area contributed by atoms with Gasteiger partial charge in [0.15, 0.2) is 0 Å². The second kappa shape index (κ2) is 15.5. The maximum absolute atomic E-state index is 11.8. The number of hydrogen-bond donors (Lipinski definition) is 0. The Balaban J connectivity index is 2.93. The number of halogens is 1. The van der Waals surface area contributed by atoms with Crippen molar-refractivity contribution in [2.24, 2.45) is 0 Å². The number of unbranched alkanes of at least 4 members (excludes halogenated alkanes) is 12. The molecule has 0 saturated carbocycles. The molecule has 0 amide bonds. The van der Waals surface area contributed by atoms with Crippen LogP contribution < -0.4 is 5.11 Å². The van der Waals surface area contributed by atoms with Crippen molar-refractivity contribution < 1.29 is 14.3 Å². The van der Waals surface area contributed by atoms with Crippen LogP contribution in [0.1, 0.15) is 89.9 Å². The number of alkyl halides is 1. The van der Waals surface area contributed by atoms with Crippen LogP contribution in [0.4, 0.5) is 4.39 Å². The Morgan fingerprint density at radius 1 is 0.632 bits per heavy atom. The largest absolute Gasteiger partial charge is 0.550 e. The van der Waals surface area contributed by atoms with Crippen LogP contribution in [-0.4, -0.2) is 12.6 Å². The van der Waals surface area contributed by atoms with E-state index in [1.807, 2.05) is 0 Å². The molecular formula is C16H30FO2-. The zero-order valence-corrected chi connectivity index (χ0v) is 12.3. The van der Waals surface area contributed by atoms with E-state index in [9.17, 15) is 14.3 Å². The summed E-state index contributed by atoms with van der Waals surface area (Å²) in [5.41, 5.74) is 0. The van der Waals surface area contributed by atoms with Crippen LogP contribution >= 0.6 is 0 Å². The summed E-state index contributed by atoms with van der Waals surface area (Å²) in [6.07, 6.45) is 15.1. The fraction of sp³-hybridized carbons (Fsp3) is 0.938. The van der Waals surface area contributed by atoms with Crippen LogP contribution in [0.15, 0.2) is 0 Å². The van der Waals surface area contributed by atoms with Crippen molar-refractivity contribution in [2.75, 3.05) is 6.67 Å². The topological polar surface area (TPSA) is 40.1 Å². The molecule has 0 aliphatic heterocycles. The lowest BCUT2D eigenvalue weighted by Gasteiger charge is -2.03. The van der Waals surface area contributed by atoms with Crippen molar-refractivity contribution in [3.05, 3.63) is 0 Å². The van der Waals surface area contributed by atoms with E-state index in [4.69, 9.17) is 0 Å². The Labute approximate surface area is 117 Å². The van der Waals surface area contributed by atoms with Crippen molar-refractivity contribution in [2.45, 2.75) is 89.9 Å². The minimum Gasteiger partial charge on any atom is -0.550 e. The Kier molecular flexibility index (Phi) is 15.0. The van der Waals surface area contributed by atoms with Crippen LogP contribution in [-0.2, 0) is 4.79 Å². The lowest BCUT2D eigenvalue weighted by atomic mass is 10.0. The zero-order chi connectivity index (χ0) is 14.2. The minimum atomic E-state index is -0.925. The quantitative estimate of drug-likeness (QED) is 0.420. The molecule has 0 aliphatic carbocycles. The Morgan fingerprint density at radius 3 is 1.26 bits per heavy atom. The minimum absolute atomic E-state index is 0.164. The number of carbonyl (C=O) groups excluding carboxylic acids is 1. The van der Waals surface area contributed by atoms with Crippen molar-refractivity contribution in [1.29, 1.82) is 0 Å². The molecule has 0 fully saturated rings. The number of rotatable bonds is 15. The fourth-order valence-corrected chi connectivity index (χ4v) is 2.31. The van der Waals surface area contributed by atoms with E-state index in [1.165, 1.54) is 51.4 Å². The summed E-state index contributed by atoms with van der Waals surface area (Å²) in [6.45, 7) is -0.164. The van der Waals surface area contributed by atoms with Crippen molar-refractivity contribution in [3.8, 4) is 0 Å². The van der Waals surface area contributed by atoms with E-state index in [2.05, 4.69) is 0 Å². The molecule has 0 bridgehead atoms. The third kappa shape index (κ3) is 17.4. The van der Waals surface area contributed by atoms with Crippen molar-refractivity contribution >= 4 is 5.97 Å². The molecule has 114 valence electrons. The summed E-state index contributed by atoms with van der Waals surface area (Å²) in [6, 6.07) is 0. The van der Waals surface area contributed by atoms with Gasteiger partial charge in [-0.15, -0.1) is 0 Å². The number of carboxylic acids is 1. The molecule has 0 spiro atoms. The van der Waals surface area contributed by atoms with Gasteiger partial charge in [0.1, 0.15) is 0 Å². The summed E-state index contributed by atoms with van der Waals surface area (Å²) in [7, 11) is 0. The van der Waals surface area contributed by atoms with Crippen LogP contribution in [0.2, 0.25) is 0 Å². The molecule has 0 aromatic heterocycles. The van der Waals surface area contributed by atoms with Gasteiger partial charge in [0, 0.05) is 5.97 Å². The van der Waals surface area contributed by atoms with Gasteiger partial charge < -0.3 is 9.90 Å². The fourth-order valence-electron chi connectivity index (χ4n) is 2.31. The molecule has 0 atom stereocenters. The zero-order valence-electron chi connectivity index (χ0n) is 12.3. The van der Waals surface area contributed by atoms with E-state index in [1.54, 1.807) is 0 Å². The second-order valence-electron chi connectivity index (χ2n) is 5.41. The first-order valence-corrected chi connectivity index (χ1v) is 8.03. The number of carboxylic acid groups (broad SMARTS) is 1. The van der Waals surface area contributed by atoms with E-state index in [0.717, 1.165) is 32.1 Å². The highest BCUT2D eigenvalue weighted by molar-refractivity contribution is 5.63. The average Bonchev–Trinajstić information content (AvgIpc) is 2.39. The molecule has 0 rings (SSSR count). The number of hydrogen-bond acceptors (Lipinski definition) is 2. The molecule has 0 radical (unpaired) electrons. The van der Waals surface area contributed by atoms with Gasteiger partial charge in [-0.05, 0) is 19.3 Å². The first-order valence-electron chi connectivity index (χ1n) is 8.03. The Hall–Kier alpha value is -0.600. The van der Waals surface area contributed by atoms with Crippen LogP contribution in [0, 0.1) is 0 Å². The summed E-state index contributed by atoms with van der Waals surface area (Å²) < 4.78 is 11.8. The summed E-state index contributed by atoms with van der Waals surface area (Å²) in [5, 5.41) is 10.2. The van der Waals surface area contributed by atoms with Gasteiger partial charge in [-0.25, -0.2) is 0 Å². The highest BCUT2D eigenvalue weighted by Gasteiger charge is 1.94. The van der Waals surface area contributed by atoms with Gasteiger partial charge in [-0.1, -0.05) is 70.6 Å². The lowest BCUT2D eigenvalue weighted by molar-refractivity contribution is -0.305. The Bertz CT molecular complexity index is 195. The van der Waals surface area contributed by atoms with Gasteiger partial charge in [-0.2, -0.15) is 0 Å². The molecule has 0 aliphatic rings. The third-order valence-corrected chi connectivity index (χ3v) is 3.51. The highest BCUT2D eigenvalue weighted by atomic mass is 19.1. The molecule has 0 heterocycles. The molecule has 0 unspecified atom stereocenters. The molecule has 0 aromatic rings. The normalized spacial score (nSPS) is 10.8. The number of carbonyl (C=O) groups is 1. The van der Waals surface area contributed by atoms with Gasteiger partial charge in [-0.3, -0.25) is 4.39 Å². The predicted molar refractivity (Wildman–Crippen MR) is 75.6 cm³/mol. The maximum Gasteiger partial charge on any atom is 0.0894 e. The molecular weight excluding hydrogens is 243 g/mol. The third-order valence-electron chi connectivity index (χ3n) is 3.51. The number of aliphatic carboxylic acids is 1. The SMILES string of the molecule is O=C([O-])CCCCCCCCCCCCCCCF. The van der Waals surface area contributed by atoms with Crippen LogP contribution in [0.25, 0.3) is 0 Å². The molecule has 0 saturated heterocycles. The smallest absolute Gasteiger partial charge is 0.0894 e. The van der Waals surface area contributed by atoms with Crippen molar-refractivity contribution in [3.63, 3.8) is 0 Å². The average molecular weight is 273 g/mol. The molecule has 3 heteroatoms. The molecule has 19 heavy (non-hydrogen) atoms. The standard InChI is InChI=1S/C16H31FO2/c17-15-13-11-9-7-5-3-1-2-4-6-8-10-12-14-16(18)19/h1-15H2,(H,18,19)/p-1. The predicted octanol–water partition coefficient (Wildman–Crippen LogP) is 4.17. The van der Waals surface area contributed by atoms with Gasteiger partial charge >= 0.3 is 0 Å². The summed E-state index contributed by atoms with van der Waals surface area (Å²) in [5.74, 6) is -0.925. The van der Waals surface area contributed by atoms with Crippen LogP contribution in [0.3, 0.4) is 0 Å². The van der Waals surface area contributed by atoms with E-state index >= 15 is 0 Å². The molecule has 0 aromatic carbocycles. The van der Waals surface area contributed by atoms with E-state index in [0.29, 0.717) is 0 Å². The van der Waals surface area contributed by atoms with Crippen LogP contribution in [0.5, 0.6) is 0 Å². The molecule has 0 N–H and O–H groups in total. The van der Waals surface area contributed by atoms with E-state index in [-0.39, 0.29) is 13.1 Å². The monoisotopic (exact) mass is 273 g/mol. The highest BCUT2D eigenvalue weighted by Crippen LogP contribution is 2.12. The molecule has 2 nitrogen and oxygen atoms in total.